The zero-order valence-electron chi connectivity index (χ0n) is 13.8. The lowest BCUT2D eigenvalue weighted by Crippen LogP contribution is -2.19. The maximum atomic E-state index is 10.3. The fourth-order valence-corrected chi connectivity index (χ4v) is 2.24. The van der Waals surface area contributed by atoms with E-state index in [2.05, 4.69) is 25.7 Å². The molecule has 0 aliphatic heterocycles. The Morgan fingerprint density at radius 3 is 2.48 bits per heavy atom. The van der Waals surface area contributed by atoms with Gasteiger partial charge in [0.25, 0.3) is 0 Å². The lowest BCUT2D eigenvalue weighted by molar-refractivity contribution is -0.137. The standard InChI is InChI=1S/C17H33NO3/c1-4-11-16(5-2)14-21-15(3)18-13-10-8-6-7-9-12-17(19)20/h16,18H,3-14H2,1-2H3,(H,19,20). The summed E-state index contributed by atoms with van der Waals surface area (Å²) < 4.78 is 5.65. The number of carboxylic acids is 1. The first-order chi connectivity index (χ1) is 10.1. The summed E-state index contributed by atoms with van der Waals surface area (Å²) in [6.07, 6.45) is 8.92. The molecule has 0 rings (SSSR count). The molecule has 0 fully saturated rings. The van der Waals surface area contributed by atoms with E-state index in [4.69, 9.17) is 9.84 Å². The fraction of sp³-hybridized carbons (Fsp3) is 0.824. The van der Waals surface area contributed by atoms with Crippen LogP contribution in [0.15, 0.2) is 12.5 Å². The van der Waals surface area contributed by atoms with E-state index >= 15 is 0 Å². The zero-order chi connectivity index (χ0) is 15.9. The van der Waals surface area contributed by atoms with Gasteiger partial charge in [-0.2, -0.15) is 0 Å². The zero-order valence-corrected chi connectivity index (χ0v) is 13.8. The Bertz CT molecular complexity index is 279. The van der Waals surface area contributed by atoms with E-state index < -0.39 is 5.97 Å². The molecule has 0 aromatic heterocycles. The lowest BCUT2D eigenvalue weighted by Gasteiger charge is -2.17. The van der Waals surface area contributed by atoms with Crippen LogP contribution in [-0.2, 0) is 9.53 Å². The van der Waals surface area contributed by atoms with Crippen LogP contribution >= 0.6 is 0 Å². The first-order valence-corrected chi connectivity index (χ1v) is 8.37. The quantitative estimate of drug-likeness (QED) is 0.349. The molecule has 0 saturated carbocycles. The van der Waals surface area contributed by atoms with Crippen molar-refractivity contribution in [2.75, 3.05) is 13.2 Å². The van der Waals surface area contributed by atoms with Gasteiger partial charge in [0.05, 0.1) is 6.61 Å². The van der Waals surface area contributed by atoms with Crippen molar-refractivity contribution in [1.82, 2.24) is 5.32 Å². The van der Waals surface area contributed by atoms with Crippen LogP contribution in [0.3, 0.4) is 0 Å². The van der Waals surface area contributed by atoms with E-state index in [0.29, 0.717) is 18.2 Å². The molecule has 0 spiro atoms. The molecule has 0 radical (unpaired) electrons. The predicted octanol–water partition coefficient (Wildman–Crippen LogP) is 4.32. The van der Waals surface area contributed by atoms with Crippen LogP contribution in [0.2, 0.25) is 0 Å². The number of hydrogen-bond donors (Lipinski definition) is 2. The van der Waals surface area contributed by atoms with Crippen molar-refractivity contribution in [2.45, 2.75) is 71.6 Å². The second-order valence-electron chi connectivity index (χ2n) is 5.64. The van der Waals surface area contributed by atoms with Crippen molar-refractivity contribution in [2.24, 2.45) is 5.92 Å². The van der Waals surface area contributed by atoms with E-state index in [1.807, 2.05) is 0 Å². The van der Waals surface area contributed by atoms with Crippen LogP contribution in [-0.4, -0.2) is 24.2 Å². The molecule has 4 heteroatoms. The highest BCUT2D eigenvalue weighted by atomic mass is 16.5. The molecule has 0 aliphatic carbocycles. The number of hydrogen-bond acceptors (Lipinski definition) is 3. The van der Waals surface area contributed by atoms with Crippen LogP contribution in [0, 0.1) is 5.92 Å². The first kappa shape index (κ1) is 19.8. The Kier molecular flexibility index (Phi) is 13.0. The number of unbranched alkanes of at least 4 members (excludes halogenated alkanes) is 4. The minimum absolute atomic E-state index is 0.291. The van der Waals surface area contributed by atoms with Crippen molar-refractivity contribution in [1.29, 1.82) is 0 Å². The van der Waals surface area contributed by atoms with E-state index in [1.54, 1.807) is 0 Å². The summed E-state index contributed by atoms with van der Waals surface area (Å²) in [5.74, 6) is 0.608. The smallest absolute Gasteiger partial charge is 0.303 e. The molecule has 0 heterocycles. The largest absolute Gasteiger partial charge is 0.481 e. The van der Waals surface area contributed by atoms with Gasteiger partial charge in [-0.05, 0) is 31.8 Å². The number of nitrogens with one attached hydrogen (secondary N) is 1. The number of aliphatic carboxylic acids is 1. The summed E-state index contributed by atoms with van der Waals surface area (Å²) >= 11 is 0. The van der Waals surface area contributed by atoms with E-state index in [9.17, 15) is 4.79 Å². The molecule has 0 aromatic carbocycles. The number of carboxylic acid groups (broad SMARTS) is 1. The third-order valence-corrected chi connectivity index (χ3v) is 3.66. The average molecular weight is 299 g/mol. The SMILES string of the molecule is C=C(NCCCCCCCC(=O)O)OCC(CC)CCC. The third kappa shape index (κ3) is 13.5. The van der Waals surface area contributed by atoms with Gasteiger partial charge in [-0.25, -0.2) is 0 Å². The van der Waals surface area contributed by atoms with Crippen molar-refractivity contribution in [3.63, 3.8) is 0 Å². The Morgan fingerprint density at radius 2 is 1.86 bits per heavy atom. The minimum Gasteiger partial charge on any atom is -0.481 e. The van der Waals surface area contributed by atoms with Crippen LogP contribution in [0.5, 0.6) is 0 Å². The van der Waals surface area contributed by atoms with Crippen molar-refractivity contribution in [3.8, 4) is 0 Å². The van der Waals surface area contributed by atoms with Gasteiger partial charge in [0.15, 0.2) is 5.88 Å². The summed E-state index contributed by atoms with van der Waals surface area (Å²) in [5.41, 5.74) is 0. The Hall–Kier alpha value is -1.19. The van der Waals surface area contributed by atoms with Gasteiger partial charge in [-0.1, -0.05) is 46.0 Å². The van der Waals surface area contributed by atoms with Crippen molar-refractivity contribution >= 4 is 5.97 Å². The molecule has 124 valence electrons. The van der Waals surface area contributed by atoms with Crippen LogP contribution in [0.4, 0.5) is 0 Å². The molecular weight excluding hydrogens is 266 g/mol. The maximum Gasteiger partial charge on any atom is 0.303 e. The van der Waals surface area contributed by atoms with Gasteiger partial charge >= 0.3 is 5.97 Å². The number of ether oxygens (including phenoxy) is 1. The van der Waals surface area contributed by atoms with Gasteiger partial charge in [0.1, 0.15) is 0 Å². The van der Waals surface area contributed by atoms with Crippen LogP contribution < -0.4 is 5.32 Å². The Balaban J connectivity index is 3.39. The fourth-order valence-electron chi connectivity index (χ4n) is 2.24. The van der Waals surface area contributed by atoms with Gasteiger partial charge in [0.2, 0.25) is 0 Å². The van der Waals surface area contributed by atoms with Crippen molar-refractivity contribution < 1.29 is 14.6 Å². The molecule has 21 heavy (non-hydrogen) atoms. The second kappa shape index (κ2) is 13.8. The summed E-state index contributed by atoms with van der Waals surface area (Å²) in [6.45, 7) is 9.92. The first-order valence-electron chi connectivity index (χ1n) is 8.37. The lowest BCUT2D eigenvalue weighted by atomic mass is 10.0. The predicted molar refractivity (Wildman–Crippen MR) is 87.1 cm³/mol. The number of carbonyl (C=O) groups is 1. The molecule has 0 aliphatic rings. The van der Waals surface area contributed by atoms with Crippen molar-refractivity contribution in [3.05, 3.63) is 12.5 Å². The normalized spacial score (nSPS) is 11.9. The van der Waals surface area contributed by atoms with E-state index in [-0.39, 0.29) is 0 Å². The number of rotatable bonds is 15. The molecule has 4 nitrogen and oxygen atoms in total. The Labute approximate surface area is 130 Å². The molecule has 0 saturated heterocycles. The summed E-state index contributed by atoms with van der Waals surface area (Å²) in [4.78, 5) is 10.3. The highest BCUT2D eigenvalue weighted by Crippen LogP contribution is 2.12. The van der Waals surface area contributed by atoms with Gasteiger partial charge in [0, 0.05) is 13.0 Å². The van der Waals surface area contributed by atoms with Gasteiger partial charge < -0.3 is 15.2 Å². The topological polar surface area (TPSA) is 58.6 Å². The van der Waals surface area contributed by atoms with E-state index in [1.165, 1.54) is 12.8 Å². The molecule has 0 aromatic rings. The highest BCUT2D eigenvalue weighted by Gasteiger charge is 2.06. The molecular formula is C17H33NO3. The third-order valence-electron chi connectivity index (χ3n) is 3.66. The summed E-state index contributed by atoms with van der Waals surface area (Å²) in [7, 11) is 0. The van der Waals surface area contributed by atoms with Gasteiger partial charge in [-0.3, -0.25) is 4.79 Å². The monoisotopic (exact) mass is 299 g/mol. The maximum absolute atomic E-state index is 10.3. The van der Waals surface area contributed by atoms with Crippen LogP contribution in [0.25, 0.3) is 0 Å². The molecule has 0 bridgehead atoms. The van der Waals surface area contributed by atoms with Crippen LogP contribution in [0.1, 0.15) is 71.6 Å². The van der Waals surface area contributed by atoms with Gasteiger partial charge in [-0.15, -0.1) is 0 Å². The Morgan fingerprint density at radius 1 is 1.19 bits per heavy atom. The second-order valence-corrected chi connectivity index (χ2v) is 5.64. The molecule has 0 amide bonds. The van der Waals surface area contributed by atoms with E-state index in [0.717, 1.165) is 51.7 Å². The highest BCUT2D eigenvalue weighted by molar-refractivity contribution is 5.66. The average Bonchev–Trinajstić information content (AvgIpc) is 2.45. The minimum atomic E-state index is -0.696. The summed E-state index contributed by atoms with van der Waals surface area (Å²) in [6, 6.07) is 0. The molecule has 2 N–H and O–H groups in total. The molecule has 1 unspecified atom stereocenters. The molecule has 1 atom stereocenters. The summed E-state index contributed by atoms with van der Waals surface area (Å²) in [5, 5.41) is 11.7.